The summed E-state index contributed by atoms with van der Waals surface area (Å²) >= 11 is 0. The molecule has 1 aromatic carbocycles. The van der Waals surface area contributed by atoms with Crippen molar-refractivity contribution in [1.29, 1.82) is 0 Å². The van der Waals surface area contributed by atoms with Crippen LogP contribution >= 0.6 is 0 Å². The summed E-state index contributed by atoms with van der Waals surface area (Å²) in [7, 11) is 1.97. The molecule has 100 valence electrons. The normalized spacial score (nSPS) is 13.7. The van der Waals surface area contributed by atoms with E-state index in [2.05, 4.69) is 28.8 Å². The molecule has 0 aliphatic carbocycles. The Balaban J connectivity index is 2.34. The minimum atomic E-state index is -0.253. The van der Waals surface area contributed by atoms with Gasteiger partial charge in [-0.15, -0.1) is 0 Å². The lowest BCUT2D eigenvalue weighted by molar-refractivity contribution is 0.592. The first-order chi connectivity index (χ1) is 8.99. The molecule has 5 heteroatoms. The van der Waals surface area contributed by atoms with Crippen LogP contribution in [0, 0.1) is 12.7 Å². The lowest BCUT2D eigenvalue weighted by Gasteiger charge is -2.30. The Morgan fingerprint density at radius 3 is 2.68 bits per heavy atom. The van der Waals surface area contributed by atoms with Gasteiger partial charge in [0.1, 0.15) is 11.5 Å². The number of fused-ring (bicyclic) bond motifs is 3. The quantitative estimate of drug-likeness (QED) is 0.790. The number of aromatic nitrogens is 3. The van der Waals surface area contributed by atoms with Crippen molar-refractivity contribution in [2.75, 3.05) is 11.9 Å². The molecular formula is C14H17FN4. The summed E-state index contributed by atoms with van der Waals surface area (Å²) in [5.41, 5.74) is 2.58. The van der Waals surface area contributed by atoms with Gasteiger partial charge in [0, 0.05) is 7.05 Å². The monoisotopic (exact) mass is 260 g/mol. The summed E-state index contributed by atoms with van der Waals surface area (Å²) in [5, 5.41) is 4.33. The van der Waals surface area contributed by atoms with Crippen molar-refractivity contribution in [2.45, 2.75) is 33.2 Å². The van der Waals surface area contributed by atoms with Gasteiger partial charge in [-0.2, -0.15) is 5.10 Å². The molecule has 0 bridgehead atoms. The van der Waals surface area contributed by atoms with E-state index in [1.807, 2.05) is 20.0 Å². The first kappa shape index (κ1) is 12.1. The first-order valence-electron chi connectivity index (χ1n) is 6.45. The molecule has 1 aliphatic heterocycles. The Bertz CT molecular complexity index is 645. The average Bonchev–Trinajstić information content (AvgIpc) is 2.69. The average molecular weight is 260 g/mol. The number of halogens is 1. The number of aryl methyl sites for hydroxylation is 1. The Labute approximate surface area is 111 Å². The van der Waals surface area contributed by atoms with Crippen molar-refractivity contribution < 1.29 is 4.39 Å². The second-order valence-corrected chi connectivity index (χ2v) is 5.33. The molecule has 0 radical (unpaired) electrons. The zero-order chi connectivity index (χ0) is 13.7. The molecule has 0 unspecified atom stereocenters. The van der Waals surface area contributed by atoms with Crippen molar-refractivity contribution in [3.63, 3.8) is 0 Å². The van der Waals surface area contributed by atoms with Crippen LogP contribution in [0.15, 0.2) is 12.1 Å². The fourth-order valence-corrected chi connectivity index (χ4v) is 2.67. The highest BCUT2D eigenvalue weighted by atomic mass is 19.1. The molecule has 0 spiro atoms. The van der Waals surface area contributed by atoms with Crippen LogP contribution in [0.2, 0.25) is 0 Å². The van der Waals surface area contributed by atoms with Crippen LogP contribution in [0.1, 0.15) is 37.0 Å². The molecule has 0 amide bonds. The molecule has 2 aromatic rings. The van der Waals surface area contributed by atoms with E-state index in [9.17, 15) is 4.39 Å². The van der Waals surface area contributed by atoms with Crippen LogP contribution < -0.4 is 4.90 Å². The summed E-state index contributed by atoms with van der Waals surface area (Å²) < 4.78 is 15.9. The number of nitrogens with zero attached hydrogens (tertiary/aromatic N) is 4. The summed E-state index contributed by atoms with van der Waals surface area (Å²) in [4.78, 5) is 6.41. The van der Waals surface area contributed by atoms with Gasteiger partial charge < -0.3 is 4.90 Å². The molecule has 1 aliphatic rings. The Hall–Kier alpha value is -1.91. The van der Waals surface area contributed by atoms with Crippen LogP contribution in [0.3, 0.4) is 0 Å². The molecule has 4 nitrogen and oxygen atoms in total. The molecule has 1 aromatic heterocycles. The molecule has 2 heterocycles. The van der Waals surface area contributed by atoms with E-state index in [1.165, 1.54) is 6.07 Å². The minimum Gasteiger partial charge on any atom is -0.365 e. The standard InChI is InChI=1S/C14H17FN4/c1-8(2)10-5-6-11(15)14-13(10)18(4)7-12-16-9(3)17-19(12)14/h5-6,8H,7H2,1-4H3. The van der Waals surface area contributed by atoms with E-state index in [4.69, 9.17) is 0 Å². The van der Waals surface area contributed by atoms with Gasteiger partial charge in [0.15, 0.2) is 11.6 Å². The van der Waals surface area contributed by atoms with E-state index in [-0.39, 0.29) is 5.82 Å². The topological polar surface area (TPSA) is 34.0 Å². The summed E-state index contributed by atoms with van der Waals surface area (Å²) in [6.45, 7) is 6.71. The molecule has 0 atom stereocenters. The van der Waals surface area contributed by atoms with Crippen LogP contribution in [0.25, 0.3) is 5.69 Å². The third-order valence-corrected chi connectivity index (χ3v) is 3.51. The van der Waals surface area contributed by atoms with Crippen molar-refractivity contribution in [3.05, 3.63) is 35.2 Å². The fourth-order valence-electron chi connectivity index (χ4n) is 2.67. The smallest absolute Gasteiger partial charge is 0.152 e. The fraction of sp³-hybridized carbons (Fsp3) is 0.429. The highest BCUT2D eigenvalue weighted by Gasteiger charge is 2.28. The second-order valence-electron chi connectivity index (χ2n) is 5.33. The SMILES string of the molecule is Cc1nc2n(n1)-c1c(F)ccc(C(C)C)c1N(C)C2. The van der Waals surface area contributed by atoms with E-state index >= 15 is 0 Å². The first-order valence-corrected chi connectivity index (χ1v) is 6.45. The van der Waals surface area contributed by atoms with Gasteiger partial charge in [-0.25, -0.2) is 14.1 Å². The largest absolute Gasteiger partial charge is 0.365 e. The van der Waals surface area contributed by atoms with E-state index in [0.717, 1.165) is 17.1 Å². The van der Waals surface area contributed by atoms with Crippen LogP contribution in [-0.4, -0.2) is 21.8 Å². The van der Waals surface area contributed by atoms with Crippen LogP contribution in [-0.2, 0) is 6.54 Å². The number of anilines is 1. The Morgan fingerprint density at radius 2 is 2.00 bits per heavy atom. The molecule has 19 heavy (non-hydrogen) atoms. The third-order valence-electron chi connectivity index (χ3n) is 3.51. The lowest BCUT2D eigenvalue weighted by atomic mass is 9.98. The highest BCUT2D eigenvalue weighted by Crippen LogP contribution is 2.38. The minimum absolute atomic E-state index is 0.253. The van der Waals surface area contributed by atoms with Gasteiger partial charge in [-0.3, -0.25) is 0 Å². The molecule has 0 saturated heterocycles. The molecule has 0 saturated carbocycles. The van der Waals surface area contributed by atoms with Crippen molar-refractivity contribution in [1.82, 2.24) is 14.8 Å². The van der Waals surface area contributed by atoms with Gasteiger partial charge in [-0.05, 0) is 24.5 Å². The third kappa shape index (κ3) is 1.72. The van der Waals surface area contributed by atoms with Crippen LogP contribution in [0.5, 0.6) is 0 Å². The molecule has 0 fully saturated rings. The zero-order valence-corrected chi connectivity index (χ0v) is 11.6. The summed E-state index contributed by atoms with van der Waals surface area (Å²) in [5.74, 6) is 1.54. The van der Waals surface area contributed by atoms with Gasteiger partial charge in [0.05, 0.1) is 12.2 Å². The number of benzene rings is 1. The Morgan fingerprint density at radius 1 is 1.26 bits per heavy atom. The van der Waals surface area contributed by atoms with Gasteiger partial charge in [0.2, 0.25) is 0 Å². The predicted octanol–water partition coefficient (Wildman–Crippen LogP) is 2.79. The zero-order valence-electron chi connectivity index (χ0n) is 11.6. The highest BCUT2D eigenvalue weighted by molar-refractivity contribution is 5.70. The maximum atomic E-state index is 14.3. The molecular weight excluding hydrogens is 243 g/mol. The summed E-state index contributed by atoms with van der Waals surface area (Å²) in [6.07, 6.45) is 0. The Kier molecular flexibility index (Phi) is 2.59. The maximum Gasteiger partial charge on any atom is 0.152 e. The predicted molar refractivity (Wildman–Crippen MR) is 72.3 cm³/mol. The maximum absolute atomic E-state index is 14.3. The van der Waals surface area contributed by atoms with Crippen molar-refractivity contribution >= 4 is 5.69 Å². The number of hydrogen-bond acceptors (Lipinski definition) is 3. The van der Waals surface area contributed by atoms with E-state index in [0.29, 0.717) is 24.0 Å². The lowest BCUT2D eigenvalue weighted by Crippen LogP contribution is -2.28. The van der Waals surface area contributed by atoms with E-state index < -0.39 is 0 Å². The molecule has 0 N–H and O–H groups in total. The van der Waals surface area contributed by atoms with Gasteiger partial charge >= 0.3 is 0 Å². The van der Waals surface area contributed by atoms with E-state index in [1.54, 1.807) is 4.68 Å². The number of rotatable bonds is 1. The van der Waals surface area contributed by atoms with Crippen LogP contribution in [0.4, 0.5) is 10.1 Å². The van der Waals surface area contributed by atoms with Crippen molar-refractivity contribution in [3.8, 4) is 5.69 Å². The number of hydrogen-bond donors (Lipinski definition) is 0. The molecule has 3 rings (SSSR count). The van der Waals surface area contributed by atoms with Crippen molar-refractivity contribution in [2.24, 2.45) is 0 Å². The second kappa shape index (κ2) is 4.05. The summed E-state index contributed by atoms with van der Waals surface area (Å²) in [6, 6.07) is 3.39. The van der Waals surface area contributed by atoms with Gasteiger partial charge in [0.25, 0.3) is 0 Å². The van der Waals surface area contributed by atoms with Gasteiger partial charge in [-0.1, -0.05) is 19.9 Å².